The number of hydrogen-bond donors (Lipinski definition) is 1. The van der Waals surface area contributed by atoms with E-state index in [1.54, 1.807) is 10.9 Å². The number of carbonyl (C=O) groups is 1. The molecule has 0 aliphatic carbocycles. The maximum atomic E-state index is 12.8. The number of aromatic amines is 1. The van der Waals surface area contributed by atoms with Crippen LogP contribution in [0, 0.1) is 19.8 Å². The first-order valence-electron chi connectivity index (χ1n) is 9.42. The Morgan fingerprint density at radius 1 is 1.22 bits per heavy atom. The number of aromatic nitrogens is 3. The Kier molecular flexibility index (Phi) is 4.56. The second kappa shape index (κ2) is 7.02. The standard InChI is InChI=1S/C21H24N4O2/c1-14-15(2)22-13-25(20(14)26)12-16-7-9-24(10-8-16)21(27)19-11-17-5-3-4-6-18(17)23-19/h3-6,11,13,16,23H,7-10,12H2,1-2H3. The molecule has 0 spiro atoms. The maximum Gasteiger partial charge on any atom is 0.270 e. The summed E-state index contributed by atoms with van der Waals surface area (Å²) in [5.41, 5.74) is 3.17. The van der Waals surface area contributed by atoms with Crippen LogP contribution in [0.3, 0.4) is 0 Å². The lowest BCUT2D eigenvalue weighted by Crippen LogP contribution is -2.40. The molecule has 1 aromatic carbocycles. The van der Waals surface area contributed by atoms with Gasteiger partial charge in [-0.3, -0.25) is 14.2 Å². The maximum absolute atomic E-state index is 12.8. The smallest absolute Gasteiger partial charge is 0.270 e. The summed E-state index contributed by atoms with van der Waals surface area (Å²) in [7, 11) is 0. The third-order valence-corrected chi connectivity index (χ3v) is 5.63. The van der Waals surface area contributed by atoms with Gasteiger partial charge in [0.2, 0.25) is 0 Å². The van der Waals surface area contributed by atoms with Gasteiger partial charge in [-0.05, 0) is 44.7 Å². The van der Waals surface area contributed by atoms with Crippen molar-refractivity contribution < 1.29 is 4.79 Å². The molecule has 1 N–H and O–H groups in total. The number of nitrogens with zero attached hydrogens (tertiary/aromatic N) is 3. The van der Waals surface area contributed by atoms with E-state index in [2.05, 4.69) is 9.97 Å². The Balaban J connectivity index is 1.40. The Labute approximate surface area is 157 Å². The number of carbonyl (C=O) groups excluding carboxylic acids is 1. The Morgan fingerprint density at radius 2 is 1.96 bits per heavy atom. The number of amides is 1. The monoisotopic (exact) mass is 364 g/mol. The highest BCUT2D eigenvalue weighted by molar-refractivity contribution is 5.98. The number of aryl methyl sites for hydroxylation is 1. The summed E-state index contributed by atoms with van der Waals surface area (Å²) in [6.07, 6.45) is 3.43. The molecular formula is C21H24N4O2. The van der Waals surface area contributed by atoms with Crippen LogP contribution in [0.4, 0.5) is 0 Å². The van der Waals surface area contributed by atoms with Crippen LogP contribution in [0.5, 0.6) is 0 Å². The van der Waals surface area contributed by atoms with Crippen molar-refractivity contribution in [1.29, 1.82) is 0 Å². The molecule has 140 valence electrons. The van der Waals surface area contributed by atoms with Crippen LogP contribution in [0.25, 0.3) is 10.9 Å². The van der Waals surface area contributed by atoms with Crippen LogP contribution in [0.1, 0.15) is 34.6 Å². The molecule has 1 aliphatic heterocycles. The molecule has 6 heteroatoms. The molecule has 0 atom stereocenters. The number of hydrogen-bond acceptors (Lipinski definition) is 3. The average Bonchev–Trinajstić information content (AvgIpc) is 3.13. The zero-order chi connectivity index (χ0) is 19.0. The highest BCUT2D eigenvalue weighted by Gasteiger charge is 2.25. The van der Waals surface area contributed by atoms with Crippen LogP contribution < -0.4 is 5.56 Å². The second-order valence-electron chi connectivity index (χ2n) is 7.42. The van der Waals surface area contributed by atoms with Gasteiger partial charge >= 0.3 is 0 Å². The third-order valence-electron chi connectivity index (χ3n) is 5.63. The first-order valence-corrected chi connectivity index (χ1v) is 9.42. The van der Waals surface area contributed by atoms with Gasteiger partial charge in [-0.2, -0.15) is 0 Å². The third kappa shape index (κ3) is 3.39. The van der Waals surface area contributed by atoms with E-state index in [9.17, 15) is 9.59 Å². The van der Waals surface area contributed by atoms with Crippen LogP contribution >= 0.6 is 0 Å². The number of H-pyrrole nitrogens is 1. The first kappa shape index (κ1) is 17.5. The van der Waals surface area contributed by atoms with E-state index < -0.39 is 0 Å². The number of likely N-dealkylation sites (tertiary alicyclic amines) is 1. The minimum Gasteiger partial charge on any atom is -0.351 e. The quantitative estimate of drug-likeness (QED) is 0.777. The molecule has 1 saturated heterocycles. The first-order chi connectivity index (χ1) is 13.0. The molecule has 1 fully saturated rings. The van der Waals surface area contributed by atoms with E-state index in [-0.39, 0.29) is 11.5 Å². The molecular weight excluding hydrogens is 340 g/mol. The molecule has 0 bridgehead atoms. The Bertz CT molecular complexity index is 1010. The summed E-state index contributed by atoms with van der Waals surface area (Å²) in [6, 6.07) is 9.84. The molecule has 27 heavy (non-hydrogen) atoms. The number of fused-ring (bicyclic) bond motifs is 1. The topological polar surface area (TPSA) is 71.0 Å². The number of piperidine rings is 1. The SMILES string of the molecule is Cc1ncn(CC2CCN(C(=O)c3cc4ccccc4[nH]3)CC2)c(=O)c1C. The molecule has 6 nitrogen and oxygen atoms in total. The Hall–Kier alpha value is -2.89. The van der Waals surface area contributed by atoms with Gasteiger partial charge in [0.25, 0.3) is 11.5 Å². The summed E-state index contributed by atoms with van der Waals surface area (Å²) in [5.74, 6) is 0.438. The Morgan fingerprint density at radius 3 is 2.70 bits per heavy atom. The van der Waals surface area contributed by atoms with Crippen molar-refractivity contribution in [1.82, 2.24) is 19.4 Å². The van der Waals surface area contributed by atoms with Gasteiger partial charge in [-0.25, -0.2) is 4.98 Å². The fourth-order valence-corrected chi connectivity index (χ4v) is 3.76. The molecule has 3 aromatic rings. The van der Waals surface area contributed by atoms with Crippen LogP contribution in [-0.4, -0.2) is 38.4 Å². The van der Waals surface area contributed by atoms with E-state index in [0.717, 1.165) is 29.4 Å². The average molecular weight is 364 g/mol. The van der Waals surface area contributed by atoms with Gasteiger partial charge in [0.05, 0.1) is 6.33 Å². The van der Waals surface area contributed by atoms with Crippen LogP contribution in [0.2, 0.25) is 0 Å². The van der Waals surface area contributed by atoms with Crippen molar-refractivity contribution in [3.8, 4) is 0 Å². The van der Waals surface area contributed by atoms with Gasteiger partial charge in [0, 0.05) is 41.8 Å². The number of para-hydroxylation sites is 1. The summed E-state index contributed by atoms with van der Waals surface area (Å²) >= 11 is 0. The largest absolute Gasteiger partial charge is 0.351 e. The number of nitrogens with one attached hydrogen (secondary N) is 1. The predicted octanol–water partition coefficient (Wildman–Crippen LogP) is 2.89. The number of benzene rings is 1. The highest BCUT2D eigenvalue weighted by atomic mass is 16.2. The molecule has 0 unspecified atom stereocenters. The lowest BCUT2D eigenvalue weighted by molar-refractivity contribution is 0.0677. The van der Waals surface area contributed by atoms with Crippen LogP contribution in [0.15, 0.2) is 41.5 Å². The normalized spacial score (nSPS) is 15.4. The second-order valence-corrected chi connectivity index (χ2v) is 7.42. The predicted molar refractivity (Wildman–Crippen MR) is 105 cm³/mol. The van der Waals surface area contributed by atoms with Crippen molar-refractivity contribution in [2.75, 3.05) is 13.1 Å². The minimum atomic E-state index is 0.0408. The van der Waals surface area contributed by atoms with Crippen molar-refractivity contribution in [2.24, 2.45) is 5.92 Å². The summed E-state index contributed by atoms with van der Waals surface area (Å²) in [6.45, 7) is 5.77. The fraction of sp³-hybridized carbons (Fsp3) is 0.381. The highest BCUT2D eigenvalue weighted by Crippen LogP contribution is 2.22. The molecule has 2 aromatic heterocycles. The van der Waals surface area contributed by atoms with E-state index in [4.69, 9.17) is 0 Å². The molecule has 4 rings (SSSR count). The molecule has 1 aliphatic rings. The molecule has 1 amide bonds. The van der Waals surface area contributed by atoms with Crippen molar-refractivity contribution in [3.05, 3.63) is 64.0 Å². The van der Waals surface area contributed by atoms with Gasteiger partial charge in [0.15, 0.2) is 0 Å². The fourth-order valence-electron chi connectivity index (χ4n) is 3.76. The minimum absolute atomic E-state index is 0.0408. The molecule has 0 saturated carbocycles. The van der Waals surface area contributed by atoms with Crippen molar-refractivity contribution in [3.63, 3.8) is 0 Å². The van der Waals surface area contributed by atoms with Crippen molar-refractivity contribution >= 4 is 16.8 Å². The van der Waals surface area contributed by atoms with E-state index in [1.165, 1.54) is 0 Å². The van der Waals surface area contributed by atoms with Crippen LogP contribution in [-0.2, 0) is 6.54 Å². The van der Waals surface area contributed by atoms with Gasteiger partial charge < -0.3 is 9.88 Å². The lowest BCUT2D eigenvalue weighted by Gasteiger charge is -2.32. The molecule has 3 heterocycles. The number of rotatable bonds is 3. The van der Waals surface area contributed by atoms with E-state index in [0.29, 0.717) is 36.8 Å². The zero-order valence-corrected chi connectivity index (χ0v) is 15.7. The lowest BCUT2D eigenvalue weighted by atomic mass is 9.96. The van der Waals surface area contributed by atoms with Gasteiger partial charge in [0.1, 0.15) is 5.69 Å². The van der Waals surface area contributed by atoms with Crippen molar-refractivity contribution in [2.45, 2.75) is 33.2 Å². The van der Waals surface area contributed by atoms with Gasteiger partial charge in [-0.1, -0.05) is 18.2 Å². The van der Waals surface area contributed by atoms with E-state index in [1.807, 2.05) is 49.1 Å². The van der Waals surface area contributed by atoms with Gasteiger partial charge in [-0.15, -0.1) is 0 Å². The summed E-state index contributed by atoms with van der Waals surface area (Å²) < 4.78 is 1.71. The molecule has 0 radical (unpaired) electrons. The summed E-state index contributed by atoms with van der Waals surface area (Å²) in [4.78, 5) is 34.6. The van der Waals surface area contributed by atoms with E-state index >= 15 is 0 Å². The zero-order valence-electron chi connectivity index (χ0n) is 15.7. The summed E-state index contributed by atoms with van der Waals surface area (Å²) in [5, 5.41) is 1.05.